The van der Waals surface area contributed by atoms with Gasteiger partial charge in [0.15, 0.2) is 5.13 Å². The number of morpholine rings is 1. The van der Waals surface area contributed by atoms with Crippen LogP contribution in [-0.4, -0.2) is 69.4 Å². The van der Waals surface area contributed by atoms with Gasteiger partial charge in [-0.15, -0.1) is 12.4 Å². The number of rotatable bonds is 8. The first-order valence-corrected chi connectivity index (χ1v) is 11.2. The summed E-state index contributed by atoms with van der Waals surface area (Å²) in [5.41, 5.74) is 1.48. The second-order valence-electron chi connectivity index (χ2n) is 7.32. The molecule has 1 amide bonds. The maximum absolute atomic E-state index is 13.4. The van der Waals surface area contributed by atoms with Crippen molar-refractivity contribution in [3.8, 4) is 11.5 Å². The molecule has 1 saturated heterocycles. The van der Waals surface area contributed by atoms with Crippen LogP contribution in [0.4, 0.5) is 5.13 Å². The van der Waals surface area contributed by atoms with Gasteiger partial charge in [-0.05, 0) is 48.9 Å². The zero-order valence-electron chi connectivity index (χ0n) is 18.3. The summed E-state index contributed by atoms with van der Waals surface area (Å²) in [5.74, 6) is 1.45. The average Bonchev–Trinajstić information content (AvgIpc) is 3.25. The maximum atomic E-state index is 13.4. The van der Waals surface area contributed by atoms with Crippen LogP contribution in [0.1, 0.15) is 16.8 Å². The number of methoxy groups -OCH3 is 2. The highest BCUT2D eigenvalue weighted by Crippen LogP contribution is 2.32. The number of aromatic nitrogens is 1. The van der Waals surface area contributed by atoms with Gasteiger partial charge in [-0.25, -0.2) is 4.98 Å². The van der Waals surface area contributed by atoms with E-state index in [0.717, 1.165) is 61.0 Å². The molecule has 0 unspecified atom stereocenters. The highest BCUT2D eigenvalue weighted by molar-refractivity contribution is 7.22. The van der Waals surface area contributed by atoms with Crippen molar-refractivity contribution in [1.82, 2.24) is 9.88 Å². The van der Waals surface area contributed by atoms with E-state index in [4.69, 9.17) is 19.2 Å². The quantitative estimate of drug-likeness (QED) is 0.486. The molecule has 7 nitrogen and oxygen atoms in total. The zero-order valence-corrected chi connectivity index (χ0v) is 19.9. The SMILES string of the molecule is COc1ccc(C(=O)N(CCCN2CCOCC2)c2nc3ccc(OC)cc3s2)cc1.Cl. The van der Waals surface area contributed by atoms with Gasteiger partial charge >= 0.3 is 0 Å². The molecule has 0 N–H and O–H groups in total. The summed E-state index contributed by atoms with van der Waals surface area (Å²) in [4.78, 5) is 22.3. The number of carbonyl (C=O) groups excluding carboxylic acids is 1. The Morgan fingerprint density at radius 1 is 1.09 bits per heavy atom. The predicted octanol–water partition coefficient (Wildman–Crippen LogP) is 4.10. The van der Waals surface area contributed by atoms with Crippen LogP contribution >= 0.6 is 23.7 Å². The lowest BCUT2D eigenvalue weighted by molar-refractivity contribution is 0.0376. The molecule has 32 heavy (non-hydrogen) atoms. The van der Waals surface area contributed by atoms with Crippen LogP contribution < -0.4 is 14.4 Å². The van der Waals surface area contributed by atoms with Crippen LogP contribution in [0.25, 0.3) is 10.2 Å². The number of fused-ring (bicyclic) bond motifs is 1. The molecular formula is C23H28ClN3O4S. The van der Waals surface area contributed by atoms with E-state index in [0.29, 0.717) is 17.2 Å². The van der Waals surface area contributed by atoms with Gasteiger partial charge in [-0.1, -0.05) is 11.3 Å². The van der Waals surface area contributed by atoms with E-state index in [2.05, 4.69) is 4.90 Å². The van der Waals surface area contributed by atoms with E-state index < -0.39 is 0 Å². The molecule has 1 aliphatic rings. The molecule has 9 heteroatoms. The summed E-state index contributed by atoms with van der Waals surface area (Å²) in [6.45, 7) is 4.94. The molecule has 0 spiro atoms. The number of hydrogen-bond acceptors (Lipinski definition) is 7. The van der Waals surface area contributed by atoms with Crippen molar-refractivity contribution in [3.05, 3.63) is 48.0 Å². The lowest BCUT2D eigenvalue weighted by Crippen LogP contribution is -2.39. The Morgan fingerprint density at radius 2 is 1.78 bits per heavy atom. The number of thiazole rings is 1. The predicted molar refractivity (Wildman–Crippen MR) is 130 cm³/mol. The number of nitrogens with zero attached hydrogens (tertiary/aromatic N) is 3. The summed E-state index contributed by atoms with van der Waals surface area (Å²) >= 11 is 1.51. The van der Waals surface area contributed by atoms with Crippen molar-refractivity contribution in [3.63, 3.8) is 0 Å². The molecule has 1 fully saturated rings. The highest BCUT2D eigenvalue weighted by atomic mass is 35.5. The number of benzene rings is 2. The van der Waals surface area contributed by atoms with E-state index in [9.17, 15) is 4.79 Å². The molecule has 0 aliphatic carbocycles. The summed E-state index contributed by atoms with van der Waals surface area (Å²) in [6, 6.07) is 13.0. The topological polar surface area (TPSA) is 64.1 Å². The number of hydrogen-bond donors (Lipinski definition) is 0. The van der Waals surface area contributed by atoms with Crippen LogP contribution in [0.2, 0.25) is 0 Å². The lowest BCUT2D eigenvalue weighted by atomic mass is 10.2. The molecule has 3 aromatic rings. The standard InChI is InChI=1S/C23H27N3O4S.ClH/c1-28-18-6-4-17(5-7-18)22(27)26(11-3-10-25-12-14-30-15-13-25)23-24-20-9-8-19(29-2)16-21(20)31-23;/h4-9,16H,3,10-15H2,1-2H3;1H. The Balaban J connectivity index is 0.00000289. The maximum Gasteiger partial charge on any atom is 0.260 e. The first-order chi connectivity index (χ1) is 15.2. The van der Waals surface area contributed by atoms with E-state index in [1.807, 2.05) is 30.3 Å². The fourth-order valence-corrected chi connectivity index (χ4v) is 4.60. The molecule has 1 aliphatic heterocycles. The third kappa shape index (κ3) is 5.69. The van der Waals surface area contributed by atoms with Crippen molar-refractivity contribution in [1.29, 1.82) is 0 Å². The number of ether oxygens (including phenoxy) is 3. The summed E-state index contributed by atoms with van der Waals surface area (Å²) in [7, 11) is 3.26. The van der Waals surface area contributed by atoms with Gasteiger partial charge in [-0.2, -0.15) is 0 Å². The Hall–Kier alpha value is -2.39. The molecule has 172 valence electrons. The highest BCUT2D eigenvalue weighted by Gasteiger charge is 2.22. The molecule has 0 atom stereocenters. The Morgan fingerprint density at radius 3 is 2.47 bits per heavy atom. The molecule has 1 aromatic heterocycles. The summed E-state index contributed by atoms with van der Waals surface area (Å²) in [5, 5.41) is 0.700. The van der Waals surface area contributed by atoms with Crippen molar-refractivity contribution < 1.29 is 19.0 Å². The van der Waals surface area contributed by atoms with Crippen molar-refractivity contribution in [2.45, 2.75) is 6.42 Å². The van der Waals surface area contributed by atoms with Gasteiger partial charge in [0, 0.05) is 31.7 Å². The Bertz CT molecular complexity index is 1020. The van der Waals surface area contributed by atoms with Gasteiger partial charge in [0.05, 0.1) is 37.6 Å². The fraction of sp³-hybridized carbons (Fsp3) is 0.391. The van der Waals surface area contributed by atoms with E-state index in [1.165, 1.54) is 11.3 Å². The van der Waals surface area contributed by atoms with E-state index in [-0.39, 0.29) is 18.3 Å². The molecule has 0 saturated carbocycles. The van der Waals surface area contributed by atoms with Gasteiger partial charge in [0.2, 0.25) is 0 Å². The van der Waals surface area contributed by atoms with Gasteiger partial charge in [0.1, 0.15) is 11.5 Å². The van der Waals surface area contributed by atoms with Crippen LogP contribution in [0.15, 0.2) is 42.5 Å². The van der Waals surface area contributed by atoms with Crippen LogP contribution in [0, 0.1) is 0 Å². The second kappa shape index (κ2) is 11.5. The van der Waals surface area contributed by atoms with E-state index >= 15 is 0 Å². The Labute approximate surface area is 198 Å². The average molecular weight is 478 g/mol. The summed E-state index contributed by atoms with van der Waals surface area (Å²) in [6.07, 6.45) is 0.862. The lowest BCUT2D eigenvalue weighted by Gasteiger charge is -2.27. The molecule has 2 heterocycles. The molecular weight excluding hydrogens is 450 g/mol. The molecule has 0 radical (unpaired) electrons. The summed E-state index contributed by atoms with van der Waals surface area (Å²) < 4.78 is 17.0. The van der Waals surface area contributed by atoms with Crippen molar-refractivity contribution >= 4 is 45.0 Å². The largest absolute Gasteiger partial charge is 0.497 e. The fourth-order valence-electron chi connectivity index (χ4n) is 3.59. The molecule has 4 rings (SSSR count). The zero-order chi connectivity index (χ0) is 21.6. The van der Waals surface area contributed by atoms with Crippen LogP contribution in [-0.2, 0) is 4.74 Å². The third-order valence-electron chi connectivity index (χ3n) is 5.36. The second-order valence-corrected chi connectivity index (χ2v) is 8.33. The first kappa shape index (κ1) is 24.3. The first-order valence-electron chi connectivity index (χ1n) is 10.4. The normalized spacial score (nSPS) is 14.1. The number of carbonyl (C=O) groups is 1. The van der Waals surface area contributed by atoms with Gasteiger partial charge in [-0.3, -0.25) is 14.6 Å². The van der Waals surface area contributed by atoms with Crippen LogP contribution in [0.5, 0.6) is 11.5 Å². The smallest absolute Gasteiger partial charge is 0.260 e. The number of halogens is 1. The van der Waals surface area contributed by atoms with Gasteiger partial charge < -0.3 is 14.2 Å². The Kier molecular flexibility index (Phi) is 8.69. The number of amides is 1. The third-order valence-corrected chi connectivity index (χ3v) is 6.40. The minimum absolute atomic E-state index is 0. The van der Waals surface area contributed by atoms with Crippen LogP contribution in [0.3, 0.4) is 0 Å². The molecule has 0 bridgehead atoms. The van der Waals surface area contributed by atoms with Crippen molar-refractivity contribution in [2.75, 3.05) is 58.5 Å². The minimum Gasteiger partial charge on any atom is -0.497 e. The number of anilines is 1. The van der Waals surface area contributed by atoms with E-state index in [1.54, 1.807) is 31.3 Å². The van der Waals surface area contributed by atoms with Gasteiger partial charge in [0.25, 0.3) is 5.91 Å². The molecule has 2 aromatic carbocycles. The van der Waals surface area contributed by atoms with Crippen molar-refractivity contribution in [2.24, 2.45) is 0 Å². The monoisotopic (exact) mass is 477 g/mol. The minimum atomic E-state index is -0.0596.